The van der Waals surface area contributed by atoms with Gasteiger partial charge < -0.3 is 20.1 Å². The summed E-state index contributed by atoms with van der Waals surface area (Å²) >= 11 is 1.39. The summed E-state index contributed by atoms with van der Waals surface area (Å²) < 4.78 is 10.8. The summed E-state index contributed by atoms with van der Waals surface area (Å²) in [5.74, 6) is 0.259. The fourth-order valence-electron chi connectivity index (χ4n) is 2.77. The third-order valence-electron chi connectivity index (χ3n) is 4.18. The smallest absolute Gasteiger partial charge is 0.338 e. The lowest BCUT2D eigenvalue weighted by Gasteiger charge is -2.09. The van der Waals surface area contributed by atoms with E-state index in [1.54, 1.807) is 37.4 Å². The van der Waals surface area contributed by atoms with Gasteiger partial charge in [0.15, 0.2) is 5.13 Å². The van der Waals surface area contributed by atoms with Crippen LogP contribution in [0, 0.1) is 0 Å². The molecule has 2 N–H and O–H groups in total. The number of thiazole rings is 1. The van der Waals surface area contributed by atoms with Crippen LogP contribution in [0.2, 0.25) is 0 Å². The highest BCUT2D eigenvalue weighted by Crippen LogP contribution is 2.33. The molecule has 0 aliphatic rings. The zero-order chi connectivity index (χ0) is 21.2. The lowest BCUT2D eigenvalue weighted by Crippen LogP contribution is -2.12. The van der Waals surface area contributed by atoms with Crippen LogP contribution in [0.5, 0.6) is 10.8 Å². The van der Waals surface area contributed by atoms with E-state index >= 15 is 0 Å². The molecule has 0 atom stereocenters. The van der Waals surface area contributed by atoms with Crippen LogP contribution in [0.15, 0.2) is 54.7 Å². The fourth-order valence-corrected chi connectivity index (χ4v) is 3.47. The van der Waals surface area contributed by atoms with Crippen molar-refractivity contribution in [3.8, 4) is 10.8 Å². The average molecular weight is 426 g/mol. The molecular weight excluding hydrogens is 402 g/mol. The van der Waals surface area contributed by atoms with Crippen LogP contribution in [0.3, 0.4) is 0 Å². The molecule has 0 bridgehead atoms. The van der Waals surface area contributed by atoms with Gasteiger partial charge in [-0.3, -0.25) is 4.79 Å². The predicted octanol–water partition coefficient (Wildman–Crippen LogP) is 4.53. The summed E-state index contributed by atoms with van der Waals surface area (Å²) in [6.45, 7) is 2.75. The highest BCUT2D eigenvalue weighted by molar-refractivity contribution is 7.17. The minimum absolute atomic E-state index is 0.340. The van der Waals surface area contributed by atoms with Crippen molar-refractivity contribution in [3.63, 3.8) is 0 Å². The molecule has 1 amide bonds. The average Bonchev–Trinajstić information content (AvgIpc) is 3.20. The van der Waals surface area contributed by atoms with Gasteiger partial charge in [0.05, 0.1) is 18.4 Å². The number of hydrogen-bond acceptors (Lipinski definition) is 7. The van der Waals surface area contributed by atoms with E-state index in [0.29, 0.717) is 41.1 Å². The zero-order valence-electron chi connectivity index (χ0n) is 16.6. The highest BCUT2D eigenvalue weighted by Gasteiger charge is 2.09. The maximum atomic E-state index is 11.7. The van der Waals surface area contributed by atoms with E-state index in [9.17, 15) is 9.59 Å². The number of nitrogens with one attached hydrogen (secondary N) is 2. The first kappa shape index (κ1) is 21.3. The van der Waals surface area contributed by atoms with E-state index in [4.69, 9.17) is 9.47 Å². The van der Waals surface area contributed by atoms with Gasteiger partial charge in [0.25, 0.3) is 0 Å². The normalized spacial score (nSPS) is 10.3. The number of aromatic nitrogens is 1. The standard InChI is InChI=1S/C22H23N3O4S/c1-2-28-21(27)17-9-11-18(12-10-17)29-20-14-24-22(30-20)25-19-8-4-3-6-16(19)7-5-13-23-15-26/h3-4,6,8-12,14-15H,2,5,7,13H2,1H3,(H,23,26)(H,24,25). The van der Waals surface area contributed by atoms with Crippen LogP contribution in [0.4, 0.5) is 10.8 Å². The number of ether oxygens (including phenoxy) is 2. The summed E-state index contributed by atoms with van der Waals surface area (Å²) in [7, 11) is 0. The second kappa shape index (κ2) is 11.0. The molecule has 30 heavy (non-hydrogen) atoms. The number of nitrogens with zero attached hydrogens (tertiary/aromatic N) is 1. The third kappa shape index (κ3) is 6.05. The van der Waals surface area contributed by atoms with E-state index in [1.165, 1.54) is 11.3 Å². The maximum Gasteiger partial charge on any atom is 0.338 e. The summed E-state index contributed by atoms with van der Waals surface area (Å²) in [5, 5.41) is 7.36. The van der Waals surface area contributed by atoms with Crippen molar-refractivity contribution in [2.45, 2.75) is 19.8 Å². The lowest BCUT2D eigenvalue weighted by molar-refractivity contribution is -0.109. The van der Waals surface area contributed by atoms with E-state index in [1.807, 2.05) is 18.2 Å². The summed E-state index contributed by atoms with van der Waals surface area (Å²) in [4.78, 5) is 26.5. The Morgan fingerprint density at radius 3 is 2.73 bits per heavy atom. The second-order valence-electron chi connectivity index (χ2n) is 6.29. The van der Waals surface area contributed by atoms with Crippen LogP contribution in [0.1, 0.15) is 29.3 Å². The molecule has 0 unspecified atom stereocenters. The first-order valence-electron chi connectivity index (χ1n) is 9.62. The minimum atomic E-state index is -0.353. The van der Waals surface area contributed by atoms with Crippen molar-refractivity contribution >= 4 is 34.5 Å². The number of hydrogen-bond donors (Lipinski definition) is 2. The Labute approximate surface area is 179 Å². The number of anilines is 2. The van der Waals surface area contributed by atoms with Crippen LogP contribution in [-0.2, 0) is 16.0 Å². The molecular formula is C22H23N3O4S. The van der Waals surface area contributed by atoms with Crippen molar-refractivity contribution in [2.24, 2.45) is 0 Å². The topological polar surface area (TPSA) is 89.6 Å². The number of carbonyl (C=O) groups excluding carboxylic acids is 2. The highest BCUT2D eigenvalue weighted by atomic mass is 32.1. The Kier molecular flexibility index (Phi) is 7.79. The first-order chi connectivity index (χ1) is 14.7. The Balaban J connectivity index is 1.60. The summed E-state index contributed by atoms with van der Waals surface area (Å²) in [6.07, 6.45) is 4.06. The number of para-hydroxylation sites is 1. The van der Waals surface area contributed by atoms with Gasteiger partial charge in [0.2, 0.25) is 11.5 Å². The Morgan fingerprint density at radius 1 is 1.17 bits per heavy atom. The molecule has 3 rings (SSSR count). The molecule has 2 aromatic carbocycles. The molecule has 8 heteroatoms. The van der Waals surface area contributed by atoms with E-state index in [0.717, 1.165) is 24.1 Å². The largest absolute Gasteiger partial charge is 0.462 e. The van der Waals surface area contributed by atoms with Gasteiger partial charge in [0.1, 0.15) is 5.75 Å². The number of amides is 1. The zero-order valence-corrected chi connectivity index (χ0v) is 17.4. The molecule has 7 nitrogen and oxygen atoms in total. The molecule has 0 spiro atoms. The Hall–Kier alpha value is -3.39. The van der Waals surface area contributed by atoms with Gasteiger partial charge in [-0.25, -0.2) is 9.78 Å². The monoisotopic (exact) mass is 425 g/mol. The maximum absolute atomic E-state index is 11.7. The molecule has 0 radical (unpaired) electrons. The van der Waals surface area contributed by atoms with Gasteiger partial charge in [-0.15, -0.1) is 0 Å². The predicted molar refractivity (Wildman–Crippen MR) is 117 cm³/mol. The van der Waals surface area contributed by atoms with Gasteiger partial charge in [0, 0.05) is 12.2 Å². The van der Waals surface area contributed by atoms with Crippen molar-refractivity contribution in [1.82, 2.24) is 10.3 Å². The van der Waals surface area contributed by atoms with Gasteiger partial charge in [-0.05, 0) is 55.7 Å². The summed E-state index contributed by atoms with van der Waals surface area (Å²) in [5.41, 5.74) is 2.61. The van der Waals surface area contributed by atoms with E-state index in [2.05, 4.69) is 21.7 Å². The fraction of sp³-hybridized carbons (Fsp3) is 0.227. The molecule has 156 valence electrons. The number of rotatable bonds is 11. The van der Waals surface area contributed by atoms with Crippen molar-refractivity contribution < 1.29 is 19.1 Å². The number of esters is 1. The van der Waals surface area contributed by atoms with Crippen molar-refractivity contribution in [3.05, 3.63) is 65.9 Å². The molecule has 1 heterocycles. The minimum Gasteiger partial charge on any atom is -0.462 e. The molecule has 0 saturated carbocycles. The quantitative estimate of drug-likeness (QED) is 0.266. The Morgan fingerprint density at radius 2 is 1.97 bits per heavy atom. The van der Waals surface area contributed by atoms with E-state index in [-0.39, 0.29) is 5.97 Å². The van der Waals surface area contributed by atoms with E-state index < -0.39 is 0 Å². The number of carbonyl (C=O) groups is 2. The molecule has 0 aliphatic carbocycles. The van der Waals surface area contributed by atoms with Crippen molar-refractivity contribution in [1.29, 1.82) is 0 Å². The van der Waals surface area contributed by atoms with Crippen LogP contribution in [-0.4, -0.2) is 30.5 Å². The van der Waals surface area contributed by atoms with Crippen LogP contribution >= 0.6 is 11.3 Å². The number of aryl methyl sites for hydroxylation is 1. The molecule has 3 aromatic rings. The summed E-state index contributed by atoms with van der Waals surface area (Å²) in [6, 6.07) is 14.8. The number of benzene rings is 2. The lowest BCUT2D eigenvalue weighted by atomic mass is 10.1. The molecule has 0 saturated heterocycles. The Bertz CT molecular complexity index is 973. The van der Waals surface area contributed by atoms with Crippen molar-refractivity contribution in [2.75, 3.05) is 18.5 Å². The van der Waals surface area contributed by atoms with Gasteiger partial charge >= 0.3 is 5.97 Å². The molecule has 1 aromatic heterocycles. The first-order valence-corrected chi connectivity index (χ1v) is 10.4. The SMILES string of the molecule is CCOC(=O)c1ccc(Oc2cnc(Nc3ccccc3CCCNC=O)s2)cc1. The van der Waals surface area contributed by atoms with Gasteiger partial charge in [-0.2, -0.15) is 0 Å². The van der Waals surface area contributed by atoms with Crippen LogP contribution < -0.4 is 15.4 Å². The van der Waals surface area contributed by atoms with Crippen LogP contribution in [0.25, 0.3) is 0 Å². The molecule has 0 fully saturated rings. The second-order valence-corrected chi connectivity index (χ2v) is 7.28. The van der Waals surface area contributed by atoms with Gasteiger partial charge in [-0.1, -0.05) is 29.5 Å². The third-order valence-corrected chi connectivity index (χ3v) is 4.97. The molecule has 0 aliphatic heterocycles.